The van der Waals surface area contributed by atoms with Crippen LogP contribution in [0.4, 0.5) is 0 Å². The lowest BCUT2D eigenvalue weighted by molar-refractivity contribution is 0.571. The molecule has 1 nitrogen and oxygen atoms in total. The molecule has 0 heterocycles. The van der Waals surface area contributed by atoms with Crippen LogP contribution in [0.15, 0.2) is 35.1 Å². The van der Waals surface area contributed by atoms with Crippen LogP contribution in [0.3, 0.4) is 0 Å². The minimum absolute atomic E-state index is 0.731. The van der Waals surface area contributed by atoms with Gasteiger partial charge in [0.15, 0.2) is 0 Å². The Morgan fingerprint density at radius 2 is 2.21 bits per heavy atom. The molecule has 0 aromatic heterocycles. The highest BCUT2D eigenvalue weighted by molar-refractivity contribution is 5.45. The van der Waals surface area contributed by atoms with E-state index in [1.807, 2.05) is 0 Å². The van der Waals surface area contributed by atoms with Crippen molar-refractivity contribution in [1.29, 1.82) is 0 Å². The first kappa shape index (κ1) is 9.57. The molecule has 0 bridgehead atoms. The van der Waals surface area contributed by atoms with Crippen LogP contribution in [0, 0.1) is 5.92 Å². The van der Waals surface area contributed by atoms with E-state index in [1.165, 1.54) is 30.4 Å². The molecule has 1 heteroatoms. The number of nitrogens with two attached hydrogens (primary N) is 1. The average molecular weight is 189 g/mol. The molecule has 0 aromatic carbocycles. The fourth-order valence-electron chi connectivity index (χ4n) is 2.34. The highest BCUT2D eigenvalue weighted by atomic mass is 14.6. The maximum Gasteiger partial charge on any atom is 0.0160 e. The molecule has 0 saturated heterocycles. The van der Waals surface area contributed by atoms with Crippen molar-refractivity contribution in [3.8, 4) is 0 Å². The first-order valence-corrected chi connectivity index (χ1v) is 5.63. The highest BCUT2D eigenvalue weighted by Gasteiger charge is 2.14. The van der Waals surface area contributed by atoms with Crippen molar-refractivity contribution < 1.29 is 0 Å². The standard InChI is InChI=1S/C13H19N/c1-10-5-4-6-11(9-10)12-7-2-3-8-13(12)14/h2,7,9-10H,3-6,8,14H2,1H3/t10-/m0/s1. The summed E-state index contributed by atoms with van der Waals surface area (Å²) < 4.78 is 0. The summed E-state index contributed by atoms with van der Waals surface area (Å²) in [5.41, 5.74) is 9.94. The molecule has 0 amide bonds. The van der Waals surface area contributed by atoms with E-state index in [9.17, 15) is 0 Å². The lowest BCUT2D eigenvalue weighted by Gasteiger charge is -2.21. The zero-order chi connectivity index (χ0) is 9.97. The fraction of sp³-hybridized carbons (Fsp3) is 0.538. The van der Waals surface area contributed by atoms with Gasteiger partial charge in [0.2, 0.25) is 0 Å². The van der Waals surface area contributed by atoms with Gasteiger partial charge in [-0.25, -0.2) is 0 Å². The second-order valence-corrected chi connectivity index (χ2v) is 4.44. The Bertz CT molecular complexity index is 307. The molecule has 2 N–H and O–H groups in total. The number of rotatable bonds is 1. The molecule has 0 unspecified atom stereocenters. The van der Waals surface area contributed by atoms with Crippen molar-refractivity contribution >= 4 is 0 Å². The van der Waals surface area contributed by atoms with E-state index in [0.29, 0.717) is 0 Å². The SMILES string of the molecule is C[C@@H]1C=C(C2=C(N)CCC=C2)CCC1. The molecule has 1 atom stereocenters. The Hall–Kier alpha value is -0.980. The molecule has 2 aliphatic rings. The van der Waals surface area contributed by atoms with E-state index >= 15 is 0 Å². The summed E-state index contributed by atoms with van der Waals surface area (Å²) in [5, 5.41) is 0. The second kappa shape index (κ2) is 4.04. The molecule has 0 fully saturated rings. The van der Waals surface area contributed by atoms with Crippen molar-refractivity contribution in [3.05, 3.63) is 35.1 Å². The van der Waals surface area contributed by atoms with Crippen molar-refractivity contribution in [3.63, 3.8) is 0 Å². The molecule has 0 spiro atoms. The normalized spacial score (nSPS) is 27.8. The minimum atomic E-state index is 0.731. The van der Waals surface area contributed by atoms with Gasteiger partial charge in [-0.15, -0.1) is 0 Å². The van der Waals surface area contributed by atoms with Gasteiger partial charge in [0.05, 0.1) is 0 Å². The lowest BCUT2D eigenvalue weighted by Crippen LogP contribution is -2.09. The highest BCUT2D eigenvalue weighted by Crippen LogP contribution is 2.31. The molecule has 2 rings (SSSR count). The average Bonchev–Trinajstić information content (AvgIpc) is 2.18. The van der Waals surface area contributed by atoms with E-state index in [0.717, 1.165) is 24.5 Å². The monoisotopic (exact) mass is 189 g/mol. The van der Waals surface area contributed by atoms with Crippen molar-refractivity contribution in [1.82, 2.24) is 0 Å². The Morgan fingerprint density at radius 3 is 2.93 bits per heavy atom. The summed E-state index contributed by atoms with van der Waals surface area (Å²) in [6.07, 6.45) is 12.9. The topological polar surface area (TPSA) is 26.0 Å². The van der Waals surface area contributed by atoms with E-state index in [1.54, 1.807) is 0 Å². The molecule has 14 heavy (non-hydrogen) atoms. The maximum atomic E-state index is 6.04. The van der Waals surface area contributed by atoms with Gasteiger partial charge in [0.1, 0.15) is 0 Å². The summed E-state index contributed by atoms with van der Waals surface area (Å²) in [7, 11) is 0. The molecule has 0 aliphatic heterocycles. The largest absolute Gasteiger partial charge is 0.402 e. The van der Waals surface area contributed by atoms with Gasteiger partial charge < -0.3 is 5.73 Å². The zero-order valence-electron chi connectivity index (χ0n) is 8.92. The first-order chi connectivity index (χ1) is 6.77. The minimum Gasteiger partial charge on any atom is -0.402 e. The summed E-state index contributed by atoms with van der Waals surface area (Å²) in [6.45, 7) is 2.29. The molecule has 0 radical (unpaired) electrons. The van der Waals surface area contributed by atoms with Gasteiger partial charge in [0, 0.05) is 5.70 Å². The van der Waals surface area contributed by atoms with Crippen LogP contribution in [0.2, 0.25) is 0 Å². The molecular formula is C13H19N. The van der Waals surface area contributed by atoms with Crippen LogP contribution in [-0.4, -0.2) is 0 Å². The maximum absolute atomic E-state index is 6.04. The van der Waals surface area contributed by atoms with Gasteiger partial charge in [-0.05, 0) is 49.2 Å². The van der Waals surface area contributed by atoms with Gasteiger partial charge in [0.25, 0.3) is 0 Å². The molecule has 0 saturated carbocycles. The predicted molar refractivity (Wildman–Crippen MR) is 60.7 cm³/mol. The van der Waals surface area contributed by atoms with E-state index < -0.39 is 0 Å². The van der Waals surface area contributed by atoms with E-state index in [-0.39, 0.29) is 0 Å². The third-order valence-corrected chi connectivity index (χ3v) is 3.15. The molecule has 0 aromatic rings. The third-order valence-electron chi connectivity index (χ3n) is 3.15. The van der Waals surface area contributed by atoms with Crippen LogP contribution < -0.4 is 5.73 Å². The summed E-state index contributed by atoms with van der Waals surface area (Å²) in [6, 6.07) is 0. The van der Waals surface area contributed by atoms with Crippen LogP contribution in [-0.2, 0) is 0 Å². The van der Waals surface area contributed by atoms with Crippen LogP contribution in [0.1, 0.15) is 39.0 Å². The Morgan fingerprint density at radius 1 is 1.36 bits per heavy atom. The Kier molecular flexibility index (Phi) is 2.76. The lowest BCUT2D eigenvalue weighted by atomic mass is 9.85. The Labute approximate surface area is 86.4 Å². The second-order valence-electron chi connectivity index (χ2n) is 4.44. The van der Waals surface area contributed by atoms with Crippen molar-refractivity contribution in [2.24, 2.45) is 11.7 Å². The molecular weight excluding hydrogens is 170 g/mol. The van der Waals surface area contributed by atoms with Crippen LogP contribution in [0.5, 0.6) is 0 Å². The molecule has 76 valence electrons. The van der Waals surface area contributed by atoms with Crippen molar-refractivity contribution in [2.45, 2.75) is 39.0 Å². The van der Waals surface area contributed by atoms with Crippen LogP contribution >= 0.6 is 0 Å². The zero-order valence-corrected chi connectivity index (χ0v) is 8.92. The quantitative estimate of drug-likeness (QED) is 0.673. The smallest absolute Gasteiger partial charge is 0.0160 e. The number of allylic oxidation sites excluding steroid dienone is 6. The fourth-order valence-corrected chi connectivity index (χ4v) is 2.34. The van der Waals surface area contributed by atoms with Gasteiger partial charge in [-0.1, -0.05) is 25.2 Å². The predicted octanol–water partition coefficient (Wildman–Crippen LogP) is 3.30. The first-order valence-electron chi connectivity index (χ1n) is 5.63. The van der Waals surface area contributed by atoms with Crippen LogP contribution in [0.25, 0.3) is 0 Å². The summed E-state index contributed by atoms with van der Waals surface area (Å²) >= 11 is 0. The van der Waals surface area contributed by atoms with E-state index in [4.69, 9.17) is 5.73 Å². The summed E-state index contributed by atoms with van der Waals surface area (Å²) in [4.78, 5) is 0. The van der Waals surface area contributed by atoms with Crippen molar-refractivity contribution in [2.75, 3.05) is 0 Å². The van der Waals surface area contributed by atoms with Gasteiger partial charge >= 0.3 is 0 Å². The molecule has 2 aliphatic carbocycles. The number of hydrogen-bond donors (Lipinski definition) is 1. The summed E-state index contributed by atoms with van der Waals surface area (Å²) in [5.74, 6) is 0.731. The van der Waals surface area contributed by atoms with Gasteiger partial charge in [-0.3, -0.25) is 0 Å². The number of hydrogen-bond acceptors (Lipinski definition) is 1. The Balaban J connectivity index is 2.25. The van der Waals surface area contributed by atoms with E-state index in [2.05, 4.69) is 25.2 Å². The third kappa shape index (κ3) is 1.92. The van der Waals surface area contributed by atoms with Gasteiger partial charge in [-0.2, -0.15) is 0 Å².